The van der Waals surface area contributed by atoms with E-state index in [1.165, 1.54) is 4.90 Å². The van der Waals surface area contributed by atoms with Gasteiger partial charge in [-0.3, -0.25) is 9.69 Å². The Kier molecular flexibility index (Phi) is 6.06. The van der Waals surface area contributed by atoms with E-state index in [1.54, 1.807) is 11.8 Å². The second-order valence-electron chi connectivity index (χ2n) is 7.23. The highest BCUT2D eigenvalue weighted by molar-refractivity contribution is 8.00. The van der Waals surface area contributed by atoms with E-state index in [-0.39, 0.29) is 11.3 Å². The predicted octanol–water partition coefficient (Wildman–Crippen LogP) is 3.78. The van der Waals surface area contributed by atoms with Crippen molar-refractivity contribution < 1.29 is 14.3 Å². The third-order valence-corrected chi connectivity index (χ3v) is 6.54. The highest BCUT2D eigenvalue weighted by Gasteiger charge is 2.52. The lowest BCUT2D eigenvalue weighted by Crippen LogP contribution is -2.68. The van der Waals surface area contributed by atoms with Gasteiger partial charge < -0.3 is 10.5 Å². The molecule has 0 bridgehead atoms. The number of carbonyl (C=O) groups is 2. The fourth-order valence-electron chi connectivity index (χ4n) is 3.66. The molecular weight excluding hydrogens is 396 g/mol. The summed E-state index contributed by atoms with van der Waals surface area (Å²) in [5.74, 6) is -0.128. The van der Waals surface area contributed by atoms with Gasteiger partial charge >= 0.3 is 5.97 Å². The third kappa shape index (κ3) is 3.80. The summed E-state index contributed by atoms with van der Waals surface area (Å²) < 4.78 is 6.03. The molecule has 0 aromatic heterocycles. The molecule has 2 aliphatic rings. The molecule has 0 radical (unpaired) electrons. The number of esters is 1. The lowest BCUT2D eigenvalue weighted by molar-refractivity contribution is -0.153. The van der Waals surface area contributed by atoms with Crippen LogP contribution in [0.3, 0.4) is 0 Å². The minimum absolute atomic E-state index is 0.217. The van der Waals surface area contributed by atoms with E-state index in [1.807, 2.05) is 79.7 Å². The Balaban J connectivity index is 1.70. The number of nitrogens with zero attached hydrogens (tertiary/aromatic N) is 1. The molecule has 1 amide bonds. The maximum atomic E-state index is 13.4. The minimum Gasteiger partial charge on any atom is -0.448 e. The number of benzene rings is 2. The number of nitrogens with two attached hydrogens (primary N) is 1. The van der Waals surface area contributed by atoms with Gasteiger partial charge in [0.2, 0.25) is 5.91 Å². The zero-order valence-corrected chi connectivity index (χ0v) is 17.5. The molecule has 1 fully saturated rings. The molecule has 154 valence electrons. The van der Waals surface area contributed by atoms with Crippen molar-refractivity contribution in [3.05, 3.63) is 95.2 Å². The monoisotopic (exact) mass is 420 g/mol. The summed E-state index contributed by atoms with van der Waals surface area (Å²) in [6, 6.07) is 18.7. The highest BCUT2D eigenvalue weighted by Crippen LogP contribution is 2.41. The van der Waals surface area contributed by atoms with Gasteiger partial charge in [0.15, 0.2) is 6.10 Å². The van der Waals surface area contributed by atoms with Crippen LogP contribution in [0.5, 0.6) is 0 Å². The summed E-state index contributed by atoms with van der Waals surface area (Å²) in [6.45, 7) is 2.03. The van der Waals surface area contributed by atoms with Gasteiger partial charge in [-0.05, 0) is 23.1 Å². The van der Waals surface area contributed by atoms with Crippen LogP contribution in [-0.4, -0.2) is 33.9 Å². The van der Waals surface area contributed by atoms with Gasteiger partial charge in [-0.15, -0.1) is 11.8 Å². The zero-order chi connectivity index (χ0) is 21.1. The zero-order valence-electron chi connectivity index (χ0n) is 16.7. The molecule has 0 saturated carbocycles. The molecule has 0 spiro atoms. The number of ether oxygens (including phenoxy) is 1. The molecule has 1 unspecified atom stereocenters. The van der Waals surface area contributed by atoms with Gasteiger partial charge in [-0.25, -0.2) is 4.79 Å². The van der Waals surface area contributed by atoms with E-state index < -0.39 is 18.1 Å². The van der Waals surface area contributed by atoms with Crippen molar-refractivity contribution in [1.29, 1.82) is 0 Å². The highest BCUT2D eigenvalue weighted by atomic mass is 32.2. The predicted molar refractivity (Wildman–Crippen MR) is 118 cm³/mol. The average Bonchev–Trinajstić information content (AvgIpc) is 2.81. The molecule has 6 heteroatoms. The second-order valence-corrected chi connectivity index (χ2v) is 8.33. The van der Waals surface area contributed by atoms with Crippen molar-refractivity contribution >= 4 is 23.6 Å². The molecule has 2 atom stereocenters. The van der Waals surface area contributed by atoms with Crippen LogP contribution in [0.25, 0.3) is 0 Å². The molecule has 2 N–H and O–H groups in total. The number of allylic oxidation sites excluding steroid dienone is 2. The van der Waals surface area contributed by atoms with Crippen LogP contribution in [0.4, 0.5) is 0 Å². The Morgan fingerprint density at radius 3 is 2.33 bits per heavy atom. The number of β-lactam (4-membered cyclic amide) rings is 1. The largest absolute Gasteiger partial charge is 0.448 e. The maximum Gasteiger partial charge on any atom is 0.356 e. The summed E-state index contributed by atoms with van der Waals surface area (Å²) in [4.78, 5) is 27.4. The molecule has 2 aromatic rings. The first-order chi connectivity index (χ1) is 14.6. The summed E-state index contributed by atoms with van der Waals surface area (Å²) >= 11 is 1.58. The van der Waals surface area contributed by atoms with E-state index in [0.717, 1.165) is 23.1 Å². The Morgan fingerprint density at radius 2 is 1.77 bits per heavy atom. The first-order valence-corrected chi connectivity index (χ1v) is 11.1. The van der Waals surface area contributed by atoms with E-state index in [2.05, 4.69) is 0 Å². The van der Waals surface area contributed by atoms with Crippen LogP contribution in [-0.2, 0) is 14.3 Å². The number of hydrogen-bond acceptors (Lipinski definition) is 5. The maximum absolute atomic E-state index is 13.4. The Labute approximate surface area is 180 Å². The van der Waals surface area contributed by atoms with Crippen molar-refractivity contribution in [3.8, 4) is 0 Å². The van der Waals surface area contributed by atoms with Gasteiger partial charge in [0, 0.05) is 5.75 Å². The van der Waals surface area contributed by atoms with Crippen molar-refractivity contribution in [2.75, 3.05) is 5.75 Å². The number of carbonyl (C=O) groups excluding carboxylic acids is 2. The van der Waals surface area contributed by atoms with Crippen LogP contribution in [0.2, 0.25) is 0 Å². The van der Waals surface area contributed by atoms with Gasteiger partial charge in [0.25, 0.3) is 0 Å². The summed E-state index contributed by atoms with van der Waals surface area (Å²) in [6.07, 6.45) is 4.17. The van der Waals surface area contributed by atoms with Crippen LogP contribution in [0.15, 0.2) is 84.1 Å². The van der Waals surface area contributed by atoms with Crippen molar-refractivity contribution in [2.45, 2.75) is 30.9 Å². The van der Waals surface area contributed by atoms with Crippen LogP contribution < -0.4 is 5.73 Å². The summed E-state index contributed by atoms with van der Waals surface area (Å²) in [5.41, 5.74) is 8.81. The Bertz CT molecular complexity index is 949. The number of hydrogen-bond donors (Lipinski definition) is 1. The second kappa shape index (κ2) is 8.90. The fourth-order valence-corrected chi connectivity index (χ4v) is 4.93. The molecule has 4 rings (SSSR count). The number of thioether (sulfide) groups is 1. The van der Waals surface area contributed by atoms with Crippen LogP contribution in [0.1, 0.15) is 30.6 Å². The van der Waals surface area contributed by atoms with E-state index in [9.17, 15) is 9.59 Å². The fraction of sp³-hybridized carbons (Fsp3) is 0.250. The molecule has 0 aliphatic carbocycles. The standard InChI is InChI=1S/C24H24N2O3S/c1-2-3-10-18-15-30-23-19(25)22(27)26(23)20(18)24(28)29-21(16-11-6-4-7-12-16)17-13-8-5-9-14-17/h3-14,19,21,23H,2,15,25H2,1H3/t19?,23-/m0/s1. The first kappa shape index (κ1) is 20.4. The smallest absolute Gasteiger partial charge is 0.356 e. The summed E-state index contributed by atoms with van der Waals surface area (Å²) in [5, 5.41) is -0.217. The molecule has 30 heavy (non-hydrogen) atoms. The summed E-state index contributed by atoms with van der Waals surface area (Å²) in [7, 11) is 0. The normalized spacial score (nSPS) is 21.0. The van der Waals surface area contributed by atoms with Crippen molar-refractivity contribution in [3.63, 3.8) is 0 Å². The topological polar surface area (TPSA) is 72.6 Å². The first-order valence-electron chi connectivity index (χ1n) is 10.0. The third-order valence-electron chi connectivity index (χ3n) is 5.22. The molecule has 2 heterocycles. The number of amides is 1. The number of fused-ring (bicyclic) bond motifs is 1. The Morgan fingerprint density at radius 1 is 1.17 bits per heavy atom. The SMILES string of the molecule is CCC=CC1=C(C(=O)OC(c2ccccc2)c2ccccc2)N2C(=O)C(N)[C@@H]2SC1. The van der Waals surface area contributed by atoms with Gasteiger partial charge in [0.05, 0.1) is 0 Å². The molecular formula is C24H24N2O3S. The average molecular weight is 421 g/mol. The van der Waals surface area contributed by atoms with Crippen molar-refractivity contribution in [2.24, 2.45) is 5.73 Å². The van der Waals surface area contributed by atoms with Crippen molar-refractivity contribution in [1.82, 2.24) is 4.90 Å². The molecule has 5 nitrogen and oxygen atoms in total. The van der Waals surface area contributed by atoms with Gasteiger partial charge in [-0.1, -0.05) is 79.7 Å². The molecule has 1 saturated heterocycles. The van der Waals surface area contributed by atoms with E-state index in [0.29, 0.717) is 11.4 Å². The minimum atomic E-state index is -0.575. The molecule has 2 aromatic carbocycles. The lowest BCUT2D eigenvalue weighted by Gasteiger charge is -2.48. The van der Waals surface area contributed by atoms with Gasteiger partial charge in [0.1, 0.15) is 17.1 Å². The molecule has 2 aliphatic heterocycles. The quantitative estimate of drug-likeness (QED) is 0.569. The van der Waals surface area contributed by atoms with Crippen LogP contribution in [0, 0.1) is 0 Å². The lowest BCUT2D eigenvalue weighted by atomic mass is 10.0. The van der Waals surface area contributed by atoms with Gasteiger partial charge in [-0.2, -0.15) is 0 Å². The Hall–Kier alpha value is -2.83. The van der Waals surface area contributed by atoms with E-state index >= 15 is 0 Å². The van der Waals surface area contributed by atoms with Crippen LogP contribution >= 0.6 is 11.8 Å². The number of rotatable bonds is 6. The van der Waals surface area contributed by atoms with E-state index in [4.69, 9.17) is 10.5 Å².